The molecule has 4 heterocycles. The summed E-state index contributed by atoms with van der Waals surface area (Å²) in [5.41, 5.74) is 11.1. The predicted molar refractivity (Wildman–Crippen MR) is 232 cm³/mol. The molecule has 8 aromatic carbocycles. The number of fused-ring (bicyclic) bond motifs is 9. The highest BCUT2D eigenvalue weighted by Crippen LogP contribution is 2.40. The van der Waals surface area contributed by atoms with E-state index < -0.39 is 0 Å². The molecular formula is C51H31N5O. The van der Waals surface area contributed by atoms with Crippen molar-refractivity contribution >= 4 is 65.6 Å². The molecule has 0 aliphatic rings. The van der Waals surface area contributed by atoms with Crippen LogP contribution in [0.25, 0.3) is 111 Å². The first kappa shape index (κ1) is 31.5. The molecule has 6 nitrogen and oxygen atoms in total. The largest absolute Gasteiger partial charge is 0.455 e. The van der Waals surface area contributed by atoms with Crippen LogP contribution in [-0.4, -0.2) is 24.1 Å². The molecule has 12 aromatic rings. The normalized spacial score (nSPS) is 11.9. The molecule has 0 N–H and O–H groups in total. The molecule has 0 aliphatic carbocycles. The molecule has 57 heavy (non-hydrogen) atoms. The first-order valence-corrected chi connectivity index (χ1v) is 19.1. The average molecular weight is 730 g/mol. The molecule has 12 rings (SSSR count). The Morgan fingerprint density at radius 2 is 0.895 bits per heavy atom. The zero-order valence-electron chi connectivity index (χ0n) is 30.5. The quantitative estimate of drug-likeness (QED) is 0.177. The first-order valence-electron chi connectivity index (χ1n) is 19.1. The molecule has 0 aliphatic heterocycles. The van der Waals surface area contributed by atoms with Crippen LogP contribution in [0.5, 0.6) is 0 Å². The van der Waals surface area contributed by atoms with Crippen molar-refractivity contribution < 1.29 is 4.42 Å². The summed E-state index contributed by atoms with van der Waals surface area (Å²) in [6.07, 6.45) is 0. The lowest BCUT2D eigenvalue weighted by molar-refractivity contribution is 0.670. The standard InChI is InChI=1S/C51H31N5O/c1-3-15-32(16-4-1)49-52-50(34-18-13-17-33(29-34)36-24-14-25-40-39-23-9-12-28-47(39)57-48(36)40)54-51(53-49)56-44-27-11-8-22-38(44)42-30-45-41(31-46(42)56)37-21-7-10-26-43(37)55(45)35-19-5-2-6-20-35/h1-31H. The Balaban J connectivity index is 1.11. The Morgan fingerprint density at radius 3 is 1.65 bits per heavy atom. The average Bonchev–Trinajstić information content (AvgIpc) is 3.93. The summed E-state index contributed by atoms with van der Waals surface area (Å²) in [7, 11) is 0. The highest BCUT2D eigenvalue weighted by Gasteiger charge is 2.21. The molecule has 0 bridgehead atoms. The van der Waals surface area contributed by atoms with Gasteiger partial charge in [-0.15, -0.1) is 0 Å². The molecule has 4 aromatic heterocycles. The third kappa shape index (κ3) is 4.87. The van der Waals surface area contributed by atoms with Crippen LogP contribution in [0.2, 0.25) is 0 Å². The van der Waals surface area contributed by atoms with Gasteiger partial charge in [0.25, 0.3) is 0 Å². The monoisotopic (exact) mass is 729 g/mol. The van der Waals surface area contributed by atoms with Gasteiger partial charge in [0.2, 0.25) is 5.95 Å². The van der Waals surface area contributed by atoms with Crippen molar-refractivity contribution in [3.8, 4) is 45.5 Å². The van der Waals surface area contributed by atoms with Gasteiger partial charge in [-0.1, -0.05) is 140 Å². The summed E-state index contributed by atoms with van der Waals surface area (Å²) in [4.78, 5) is 15.7. The molecule has 0 unspecified atom stereocenters. The van der Waals surface area contributed by atoms with Gasteiger partial charge in [-0.3, -0.25) is 4.57 Å². The zero-order chi connectivity index (χ0) is 37.5. The van der Waals surface area contributed by atoms with E-state index in [1.165, 1.54) is 5.39 Å². The second-order valence-electron chi connectivity index (χ2n) is 14.4. The number of para-hydroxylation sites is 5. The number of furan rings is 1. The van der Waals surface area contributed by atoms with Crippen molar-refractivity contribution in [3.63, 3.8) is 0 Å². The van der Waals surface area contributed by atoms with Crippen LogP contribution < -0.4 is 0 Å². The van der Waals surface area contributed by atoms with Crippen molar-refractivity contribution in [3.05, 3.63) is 188 Å². The molecule has 0 saturated carbocycles. The van der Waals surface area contributed by atoms with Crippen molar-refractivity contribution in [2.75, 3.05) is 0 Å². The SMILES string of the molecule is c1ccc(-c2nc(-c3cccc(-c4cccc5c4oc4ccccc45)c3)nc(-n3c4ccccc4c4cc5c(cc43)c3ccccc3n5-c3ccccc3)n2)cc1. The molecule has 0 fully saturated rings. The molecule has 0 spiro atoms. The smallest absolute Gasteiger partial charge is 0.238 e. The van der Waals surface area contributed by atoms with Gasteiger partial charge in [0.05, 0.1) is 22.1 Å². The Labute approximate surface area is 326 Å². The summed E-state index contributed by atoms with van der Waals surface area (Å²) in [5, 5.41) is 6.80. The Hall–Kier alpha value is -7.83. The van der Waals surface area contributed by atoms with Gasteiger partial charge in [0.15, 0.2) is 11.6 Å². The van der Waals surface area contributed by atoms with Crippen LogP contribution in [0.4, 0.5) is 0 Å². The van der Waals surface area contributed by atoms with E-state index in [1.54, 1.807) is 0 Å². The molecule has 6 heteroatoms. The predicted octanol–water partition coefficient (Wildman–Crippen LogP) is 13.0. The van der Waals surface area contributed by atoms with Gasteiger partial charge in [-0.25, -0.2) is 4.98 Å². The van der Waals surface area contributed by atoms with Crippen LogP contribution in [-0.2, 0) is 0 Å². The fourth-order valence-electron chi connectivity index (χ4n) is 8.61. The summed E-state index contributed by atoms with van der Waals surface area (Å²) >= 11 is 0. The second-order valence-corrected chi connectivity index (χ2v) is 14.4. The molecule has 0 atom stereocenters. The Kier molecular flexibility index (Phi) is 6.83. The van der Waals surface area contributed by atoms with E-state index in [2.05, 4.69) is 167 Å². The molecule has 266 valence electrons. The van der Waals surface area contributed by atoms with Crippen LogP contribution in [0.3, 0.4) is 0 Å². The van der Waals surface area contributed by atoms with E-state index in [9.17, 15) is 0 Å². The summed E-state index contributed by atoms with van der Waals surface area (Å²) < 4.78 is 11.0. The van der Waals surface area contributed by atoms with Gasteiger partial charge < -0.3 is 8.98 Å². The van der Waals surface area contributed by atoms with Gasteiger partial charge in [0, 0.05) is 54.7 Å². The van der Waals surface area contributed by atoms with Crippen LogP contribution in [0, 0.1) is 0 Å². The van der Waals surface area contributed by atoms with Crippen LogP contribution >= 0.6 is 0 Å². The van der Waals surface area contributed by atoms with E-state index in [-0.39, 0.29) is 0 Å². The van der Waals surface area contributed by atoms with E-state index >= 15 is 0 Å². The maximum Gasteiger partial charge on any atom is 0.238 e. The van der Waals surface area contributed by atoms with E-state index in [0.717, 1.165) is 88.1 Å². The summed E-state index contributed by atoms with van der Waals surface area (Å²) in [6, 6.07) is 65.5. The Bertz CT molecular complexity index is 3520. The fraction of sp³-hybridized carbons (Fsp3) is 0. The maximum absolute atomic E-state index is 6.45. The van der Waals surface area contributed by atoms with Crippen LogP contribution in [0.1, 0.15) is 0 Å². The van der Waals surface area contributed by atoms with Crippen molar-refractivity contribution in [2.45, 2.75) is 0 Å². The van der Waals surface area contributed by atoms with E-state index in [4.69, 9.17) is 19.4 Å². The minimum atomic E-state index is 0.556. The van der Waals surface area contributed by atoms with Crippen molar-refractivity contribution in [2.24, 2.45) is 0 Å². The van der Waals surface area contributed by atoms with E-state index in [1.807, 2.05) is 30.3 Å². The first-order chi connectivity index (χ1) is 28.3. The number of aromatic nitrogens is 5. The number of rotatable bonds is 5. The third-order valence-electron chi connectivity index (χ3n) is 11.2. The van der Waals surface area contributed by atoms with Crippen molar-refractivity contribution in [1.29, 1.82) is 0 Å². The zero-order valence-corrected chi connectivity index (χ0v) is 30.5. The number of nitrogens with zero attached hydrogens (tertiary/aromatic N) is 5. The number of benzene rings is 8. The molecular weight excluding hydrogens is 699 g/mol. The lowest BCUT2D eigenvalue weighted by Crippen LogP contribution is -2.06. The van der Waals surface area contributed by atoms with Crippen molar-refractivity contribution in [1.82, 2.24) is 24.1 Å². The summed E-state index contributed by atoms with van der Waals surface area (Å²) in [6.45, 7) is 0. The highest BCUT2D eigenvalue weighted by atomic mass is 16.3. The minimum absolute atomic E-state index is 0.556. The fourth-order valence-corrected chi connectivity index (χ4v) is 8.61. The molecule has 0 amide bonds. The van der Waals surface area contributed by atoms with Gasteiger partial charge >= 0.3 is 0 Å². The third-order valence-corrected chi connectivity index (χ3v) is 11.2. The molecule has 0 saturated heterocycles. The lowest BCUT2D eigenvalue weighted by atomic mass is 10.0. The van der Waals surface area contributed by atoms with Gasteiger partial charge in [-0.2, -0.15) is 9.97 Å². The topological polar surface area (TPSA) is 61.7 Å². The van der Waals surface area contributed by atoms with Gasteiger partial charge in [0.1, 0.15) is 11.2 Å². The second kappa shape index (κ2) is 12.3. The number of hydrogen-bond donors (Lipinski definition) is 0. The summed E-state index contributed by atoms with van der Waals surface area (Å²) in [5.74, 6) is 1.75. The Morgan fingerprint density at radius 1 is 0.351 bits per heavy atom. The minimum Gasteiger partial charge on any atom is -0.455 e. The lowest BCUT2D eigenvalue weighted by Gasteiger charge is -2.12. The van der Waals surface area contributed by atoms with E-state index in [0.29, 0.717) is 17.6 Å². The highest BCUT2D eigenvalue weighted by molar-refractivity contribution is 6.19. The van der Waals surface area contributed by atoms with Gasteiger partial charge in [-0.05, 0) is 54.1 Å². The maximum atomic E-state index is 6.45. The van der Waals surface area contributed by atoms with Crippen LogP contribution in [0.15, 0.2) is 192 Å². The molecule has 0 radical (unpaired) electrons. The number of hydrogen-bond acceptors (Lipinski definition) is 4.